The first kappa shape index (κ1) is 27.9. The van der Waals surface area contributed by atoms with Crippen molar-refractivity contribution in [1.82, 2.24) is 9.97 Å². The number of hydrogen-bond acceptors (Lipinski definition) is 10. The van der Waals surface area contributed by atoms with Gasteiger partial charge >= 0.3 is 0 Å². The van der Waals surface area contributed by atoms with Crippen molar-refractivity contribution in [3.63, 3.8) is 0 Å². The molecule has 2 aromatic rings. The predicted molar refractivity (Wildman–Crippen MR) is 125 cm³/mol. The zero-order valence-corrected chi connectivity index (χ0v) is 20.1. The van der Waals surface area contributed by atoms with Gasteiger partial charge in [-0.05, 0) is 12.1 Å². The van der Waals surface area contributed by atoms with Crippen LogP contribution in [-0.2, 0) is 28.4 Å². The molecular weight excluding hydrogens is 444 g/mol. The van der Waals surface area contributed by atoms with Crippen LogP contribution < -0.4 is 9.47 Å². The quantitative estimate of drug-likeness (QED) is 0.247. The Bertz CT molecular complexity index is 702. The zero-order valence-electron chi connectivity index (χ0n) is 20.1. The second kappa shape index (κ2) is 19.0. The van der Waals surface area contributed by atoms with Gasteiger partial charge in [0.05, 0.1) is 77.5 Å². The van der Waals surface area contributed by atoms with Crippen LogP contribution in [0.4, 0.5) is 0 Å². The molecule has 0 saturated carbocycles. The highest BCUT2D eigenvalue weighted by Crippen LogP contribution is 2.23. The van der Waals surface area contributed by atoms with Crippen LogP contribution in [0.3, 0.4) is 0 Å². The smallest absolute Gasteiger partial charge is 0.123 e. The highest BCUT2D eigenvalue weighted by Gasteiger charge is 2.06. The molecule has 2 rings (SSSR count). The van der Waals surface area contributed by atoms with Gasteiger partial charge in [-0.25, -0.2) is 0 Å². The summed E-state index contributed by atoms with van der Waals surface area (Å²) in [6, 6.07) is 7.28. The van der Waals surface area contributed by atoms with Crippen LogP contribution in [0.1, 0.15) is 0 Å². The Hall–Kier alpha value is -2.34. The van der Waals surface area contributed by atoms with E-state index in [1.807, 2.05) is 12.1 Å². The summed E-state index contributed by atoms with van der Waals surface area (Å²) < 4.78 is 43.0. The Labute approximate surface area is 201 Å². The van der Waals surface area contributed by atoms with E-state index in [2.05, 4.69) is 9.97 Å². The van der Waals surface area contributed by atoms with Crippen LogP contribution in [0, 0.1) is 0 Å². The van der Waals surface area contributed by atoms with Crippen LogP contribution in [0.2, 0.25) is 0 Å². The minimum Gasteiger partial charge on any atom is -0.491 e. The molecule has 0 spiro atoms. The molecule has 0 radical (unpaired) electrons. The predicted octanol–water partition coefficient (Wildman–Crippen LogP) is 2.26. The van der Waals surface area contributed by atoms with Crippen LogP contribution in [0.5, 0.6) is 11.5 Å². The maximum atomic E-state index is 5.76. The van der Waals surface area contributed by atoms with E-state index in [-0.39, 0.29) is 0 Å². The van der Waals surface area contributed by atoms with Gasteiger partial charge in [0.2, 0.25) is 0 Å². The van der Waals surface area contributed by atoms with Crippen molar-refractivity contribution in [2.24, 2.45) is 0 Å². The van der Waals surface area contributed by atoms with E-state index >= 15 is 0 Å². The highest BCUT2D eigenvalue weighted by atomic mass is 16.6. The average molecular weight is 481 g/mol. The van der Waals surface area contributed by atoms with Gasteiger partial charge < -0.3 is 37.9 Å². The van der Waals surface area contributed by atoms with Crippen molar-refractivity contribution in [3.05, 3.63) is 36.7 Å². The lowest BCUT2D eigenvalue weighted by atomic mass is 10.2. The van der Waals surface area contributed by atoms with Gasteiger partial charge in [0.25, 0.3) is 0 Å². The van der Waals surface area contributed by atoms with Gasteiger partial charge in [0, 0.05) is 38.7 Å². The average Bonchev–Trinajstić information content (AvgIpc) is 2.87. The summed E-state index contributed by atoms with van der Waals surface area (Å²) in [5.74, 6) is 1.39. The van der Waals surface area contributed by atoms with Crippen molar-refractivity contribution in [1.29, 1.82) is 0 Å². The summed E-state index contributed by atoms with van der Waals surface area (Å²) in [4.78, 5) is 8.78. The molecule has 0 fully saturated rings. The molecule has 0 atom stereocenters. The monoisotopic (exact) mass is 480 g/mol. The third kappa shape index (κ3) is 12.8. The van der Waals surface area contributed by atoms with Crippen LogP contribution >= 0.6 is 0 Å². The fourth-order valence-electron chi connectivity index (χ4n) is 2.65. The molecule has 34 heavy (non-hydrogen) atoms. The molecule has 0 aliphatic heterocycles. The zero-order chi connectivity index (χ0) is 24.1. The molecule has 2 aromatic heterocycles. The summed E-state index contributed by atoms with van der Waals surface area (Å²) in [6.07, 6.45) is 3.37. The van der Waals surface area contributed by atoms with E-state index < -0.39 is 0 Å². The van der Waals surface area contributed by atoms with Crippen LogP contribution in [0.25, 0.3) is 11.4 Å². The maximum absolute atomic E-state index is 5.76. The largest absolute Gasteiger partial charge is 0.491 e. The van der Waals surface area contributed by atoms with Crippen molar-refractivity contribution in [3.8, 4) is 22.9 Å². The molecule has 0 N–H and O–H groups in total. The molecule has 10 nitrogen and oxygen atoms in total. The molecule has 0 aliphatic carbocycles. The standard InChI is InChI=1S/C24H36N2O8/c1-27-7-9-29-11-13-31-15-17-33-21-3-5-25-23(19-21)24-20-22(4-6-26-24)34-18-16-32-14-12-30-10-8-28-2/h3-6,19-20H,7-18H2,1-2H3. The van der Waals surface area contributed by atoms with E-state index in [9.17, 15) is 0 Å². The normalized spacial score (nSPS) is 11.0. The van der Waals surface area contributed by atoms with Crippen molar-refractivity contribution < 1.29 is 37.9 Å². The Kier molecular flexibility index (Phi) is 15.6. The van der Waals surface area contributed by atoms with Gasteiger partial charge in [-0.15, -0.1) is 0 Å². The third-order valence-corrected chi connectivity index (χ3v) is 4.33. The Morgan fingerprint density at radius 1 is 0.500 bits per heavy atom. The minimum absolute atomic E-state index is 0.426. The minimum atomic E-state index is 0.426. The van der Waals surface area contributed by atoms with Crippen molar-refractivity contribution in [2.45, 2.75) is 0 Å². The molecule has 10 heteroatoms. The van der Waals surface area contributed by atoms with Crippen molar-refractivity contribution >= 4 is 0 Å². The van der Waals surface area contributed by atoms with E-state index in [4.69, 9.17) is 37.9 Å². The van der Waals surface area contributed by atoms with Crippen LogP contribution in [-0.4, -0.2) is 103 Å². The molecule has 0 aliphatic rings. The third-order valence-electron chi connectivity index (χ3n) is 4.33. The van der Waals surface area contributed by atoms with E-state index in [1.54, 1.807) is 38.7 Å². The SMILES string of the molecule is COCCOCCOCCOc1ccnc(-c2cc(OCCOCCOCCOC)ccn2)c1. The first-order valence-corrected chi connectivity index (χ1v) is 11.3. The Morgan fingerprint density at radius 3 is 1.24 bits per heavy atom. The number of aromatic nitrogens is 2. The summed E-state index contributed by atoms with van der Waals surface area (Å²) in [7, 11) is 3.29. The second-order valence-corrected chi connectivity index (χ2v) is 6.89. The Morgan fingerprint density at radius 2 is 0.853 bits per heavy atom. The Balaban J connectivity index is 1.66. The van der Waals surface area contributed by atoms with Gasteiger partial charge in [-0.1, -0.05) is 0 Å². The molecule has 190 valence electrons. The van der Waals surface area contributed by atoms with Crippen molar-refractivity contribution in [2.75, 3.05) is 93.5 Å². The lowest BCUT2D eigenvalue weighted by Crippen LogP contribution is -2.12. The van der Waals surface area contributed by atoms with Gasteiger partial charge in [-0.2, -0.15) is 0 Å². The number of hydrogen-bond donors (Lipinski definition) is 0. The summed E-state index contributed by atoms with van der Waals surface area (Å²) in [6.45, 7) is 6.16. The molecule has 2 heterocycles. The molecule has 0 amide bonds. The van der Waals surface area contributed by atoms with Gasteiger partial charge in [-0.3, -0.25) is 9.97 Å². The number of pyridine rings is 2. The fourth-order valence-corrected chi connectivity index (χ4v) is 2.65. The van der Waals surface area contributed by atoms with E-state index in [0.29, 0.717) is 102 Å². The number of nitrogens with zero attached hydrogens (tertiary/aromatic N) is 2. The first-order valence-electron chi connectivity index (χ1n) is 11.3. The van der Waals surface area contributed by atoms with Gasteiger partial charge in [0.15, 0.2) is 0 Å². The summed E-state index contributed by atoms with van der Waals surface area (Å²) in [5.41, 5.74) is 1.39. The highest BCUT2D eigenvalue weighted by molar-refractivity contribution is 5.57. The summed E-state index contributed by atoms with van der Waals surface area (Å²) in [5, 5.41) is 0. The van der Waals surface area contributed by atoms with Crippen LogP contribution in [0.15, 0.2) is 36.7 Å². The topological polar surface area (TPSA) is 99.6 Å². The molecular formula is C24H36N2O8. The molecule has 0 aromatic carbocycles. The summed E-state index contributed by atoms with van der Waals surface area (Å²) >= 11 is 0. The van der Waals surface area contributed by atoms with E-state index in [1.165, 1.54) is 0 Å². The lowest BCUT2D eigenvalue weighted by Gasteiger charge is -2.10. The molecule has 0 unspecified atom stereocenters. The fraction of sp³-hybridized carbons (Fsp3) is 0.583. The second-order valence-electron chi connectivity index (χ2n) is 6.89. The maximum Gasteiger partial charge on any atom is 0.123 e. The van der Waals surface area contributed by atoms with E-state index in [0.717, 1.165) is 0 Å². The van der Waals surface area contributed by atoms with Gasteiger partial charge in [0.1, 0.15) is 24.7 Å². The lowest BCUT2D eigenvalue weighted by molar-refractivity contribution is 0.0179. The molecule has 0 saturated heterocycles. The number of ether oxygens (including phenoxy) is 8. The number of rotatable bonds is 21. The molecule has 0 bridgehead atoms. The first-order chi connectivity index (χ1) is 16.8. The number of methoxy groups -OCH3 is 2.